The number of carbonyl (C=O) groups is 1. The molecule has 0 heterocycles. The van der Waals surface area contributed by atoms with Gasteiger partial charge in [0.25, 0.3) is 0 Å². The van der Waals surface area contributed by atoms with Crippen molar-refractivity contribution in [2.24, 2.45) is 5.73 Å². The molecule has 2 atom stereocenters. The molecule has 1 rings (SSSR count). The quantitative estimate of drug-likeness (QED) is 0.651. The SMILES string of the molecule is CC(C)(C)OC(N)=O.CC(Sc1ccccc1)C(O)CCl. The summed E-state index contributed by atoms with van der Waals surface area (Å²) in [5.41, 5.74) is 4.26. The first kappa shape index (κ1) is 20.1. The third kappa shape index (κ3) is 11.4. The fourth-order valence-electron chi connectivity index (χ4n) is 1.22. The van der Waals surface area contributed by atoms with E-state index in [-0.39, 0.29) is 5.25 Å². The van der Waals surface area contributed by atoms with E-state index < -0.39 is 17.8 Å². The van der Waals surface area contributed by atoms with Crippen LogP contribution in [0.1, 0.15) is 27.7 Å². The van der Waals surface area contributed by atoms with Gasteiger partial charge in [0.2, 0.25) is 0 Å². The Balaban J connectivity index is 0.000000433. The predicted molar refractivity (Wildman–Crippen MR) is 88.9 cm³/mol. The Morgan fingerprint density at radius 2 is 1.90 bits per heavy atom. The molecular weight excluding hydrogens is 310 g/mol. The number of carbonyl (C=O) groups excluding carboxylic acids is 1. The van der Waals surface area contributed by atoms with Crippen LogP contribution >= 0.6 is 23.4 Å². The molecule has 0 spiro atoms. The summed E-state index contributed by atoms with van der Waals surface area (Å²) < 4.78 is 4.58. The molecule has 0 aromatic heterocycles. The maximum atomic E-state index is 10.0. The predicted octanol–water partition coefficient (Wildman–Crippen LogP) is 3.65. The van der Waals surface area contributed by atoms with Crippen LogP contribution in [0.5, 0.6) is 0 Å². The summed E-state index contributed by atoms with van der Waals surface area (Å²) in [6.45, 7) is 7.26. The number of rotatable bonds is 4. The zero-order valence-electron chi connectivity index (χ0n) is 12.9. The van der Waals surface area contributed by atoms with Gasteiger partial charge in [0, 0.05) is 16.0 Å². The number of aliphatic hydroxyl groups is 1. The van der Waals surface area contributed by atoms with E-state index in [9.17, 15) is 9.90 Å². The van der Waals surface area contributed by atoms with Gasteiger partial charge in [0.05, 0.1) is 6.10 Å². The summed E-state index contributed by atoms with van der Waals surface area (Å²) in [5, 5.41) is 9.57. The largest absolute Gasteiger partial charge is 0.444 e. The average Bonchev–Trinajstić information content (AvgIpc) is 2.36. The van der Waals surface area contributed by atoms with Crippen molar-refractivity contribution in [1.82, 2.24) is 0 Å². The number of hydrogen-bond acceptors (Lipinski definition) is 4. The van der Waals surface area contributed by atoms with Gasteiger partial charge >= 0.3 is 6.09 Å². The standard InChI is InChI=1S/C10H13ClOS.C5H11NO2/c1-8(10(12)7-11)13-9-5-3-2-4-6-9;1-5(2,3)8-4(6)7/h2-6,8,10,12H,7H2,1H3;1-3H3,(H2,6,7). The Morgan fingerprint density at radius 1 is 1.38 bits per heavy atom. The summed E-state index contributed by atoms with van der Waals surface area (Å²) in [5.74, 6) is 0.293. The zero-order valence-corrected chi connectivity index (χ0v) is 14.4. The number of aliphatic hydroxyl groups excluding tert-OH is 1. The number of amides is 1. The molecule has 0 aliphatic heterocycles. The zero-order chi connectivity index (χ0) is 16.5. The number of primary amides is 1. The molecule has 1 amide bonds. The highest BCUT2D eigenvalue weighted by atomic mass is 35.5. The first-order chi connectivity index (χ1) is 9.65. The first-order valence-electron chi connectivity index (χ1n) is 6.60. The lowest BCUT2D eigenvalue weighted by Gasteiger charge is -2.16. The van der Waals surface area contributed by atoms with Crippen LogP contribution in [0, 0.1) is 0 Å². The monoisotopic (exact) mass is 333 g/mol. The summed E-state index contributed by atoms with van der Waals surface area (Å²) in [4.78, 5) is 11.2. The van der Waals surface area contributed by atoms with Crippen LogP contribution in [0.3, 0.4) is 0 Å². The summed E-state index contributed by atoms with van der Waals surface area (Å²) in [6, 6.07) is 10.0. The summed E-state index contributed by atoms with van der Waals surface area (Å²) >= 11 is 7.19. The Labute approximate surface area is 136 Å². The second kappa shape index (κ2) is 9.92. The lowest BCUT2D eigenvalue weighted by atomic mass is 10.2. The van der Waals surface area contributed by atoms with Crippen LogP contribution in [-0.2, 0) is 4.74 Å². The van der Waals surface area contributed by atoms with Crippen molar-refractivity contribution in [2.45, 2.75) is 49.5 Å². The van der Waals surface area contributed by atoms with Crippen molar-refractivity contribution in [3.8, 4) is 0 Å². The number of halogens is 1. The molecule has 2 unspecified atom stereocenters. The highest BCUT2D eigenvalue weighted by molar-refractivity contribution is 8.00. The van der Waals surface area contributed by atoms with Gasteiger partial charge in [-0.05, 0) is 32.9 Å². The van der Waals surface area contributed by atoms with E-state index in [1.54, 1.807) is 32.5 Å². The van der Waals surface area contributed by atoms with Crippen molar-refractivity contribution >= 4 is 29.5 Å². The second-order valence-electron chi connectivity index (χ2n) is 5.39. The smallest absolute Gasteiger partial charge is 0.405 e. The van der Waals surface area contributed by atoms with Gasteiger partial charge < -0.3 is 15.6 Å². The molecule has 120 valence electrons. The number of hydrogen-bond donors (Lipinski definition) is 2. The Kier molecular flexibility index (Phi) is 9.49. The molecule has 0 fully saturated rings. The fraction of sp³-hybridized carbons (Fsp3) is 0.533. The highest BCUT2D eigenvalue weighted by Gasteiger charge is 2.13. The second-order valence-corrected chi connectivity index (χ2v) is 7.15. The van der Waals surface area contributed by atoms with Gasteiger partial charge in [-0.1, -0.05) is 25.1 Å². The van der Waals surface area contributed by atoms with Gasteiger partial charge in [0.15, 0.2) is 0 Å². The fourth-order valence-corrected chi connectivity index (χ4v) is 2.59. The number of ether oxygens (including phenoxy) is 1. The molecule has 0 radical (unpaired) electrons. The van der Waals surface area contributed by atoms with Crippen LogP contribution in [0.15, 0.2) is 35.2 Å². The molecule has 0 saturated carbocycles. The van der Waals surface area contributed by atoms with Gasteiger partial charge in [-0.15, -0.1) is 23.4 Å². The minimum Gasteiger partial charge on any atom is -0.444 e. The summed E-state index contributed by atoms with van der Waals surface area (Å²) in [6.07, 6.45) is -1.16. The van der Waals surface area contributed by atoms with Crippen LogP contribution < -0.4 is 5.73 Å². The summed E-state index contributed by atoms with van der Waals surface area (Å²) in [7, 11) is 0. The lowest BCUT2D eigenvalue weighted by molar-refractivity contribution is 0.0600. The number of alkyl halides is 1. The molecule has 3 N–H and O–H groups in total. The van der Waals surface area contributed by atoms with Gasteiger partial charge in [-0.2, -0.15) is 0 Å². The maximum absolute atomic E-state index is 10.0. The number of nitrogens with two attached hydrogens (primary N) is 1. The lowest BCUT2D eigenvalue weighted by Crippen LogP contribution is -2.27. The van der Waals surface area contributed by atoms with Crippen molar-refractivity contribution < 1.29 is 14.6 Å². The van der Waals surface area contributed by atoms with E-state index in [1.807, 2.05) is 37.3 Å². The molecule has 1 aromatic carbocycles. The Morgan fingerprint density at radius 3 is 2.24 bits per heavy atom. The molecule has 0 aliphatic rings. The number of benzene rings is 1. The van der Waals surface area contributed by atoms with E-state index in [2.05, 4.69) is 4.74 Å². The minimum absolute atomic E-state index is 0.139. The third-order valence-electron chi connectivity index (χ3n) is 2.17. The molecule has 4 nitrogen and oxygen atoms in total. The van der Waals surface area contributed by atoms with Crippen molar-refractivity contribution in [2.75, 3.05) is 5.88 Å². The molecule has 0 bridgehead atoms. The van der Waals surface area contributed by atoms with E-state index >= 15 is 0 Å². The van der Waals surface area contributed by atoms with Crippen LogP contribution in [-0.4, -0.2) is 34.0 Å². The van der Waals surface area contributed by atoms with Gasteiger partial charge in [0.1, 0.15) is 5.60 Å². The Bertz CT molecular complexity index is 409. The molecule has 0 saturated heterocycles. The number of thioether (sulfide) groups is 1. The van der Waals surface area contributed by atoms with Crippen LogP contribution in [0.4, 0.5) is 4.79 Å². The molecule has 1 aromatic rings. The molecule has 21 heavy (non-hydrogen) atoms. The topological polar surface area (TPSA) is 72.5 Å². The minimum atomic E-state index is -0.725. The van der Waals surface area contributed by atoms with E-state index in [0.717, 1.165) is 0 Å². The molecule has 0 aliphatic carbocycles. The van der Waals surface area contributed by atoms with E-state index in [0.29, 0.717) is 5.88 Å². The van der Waals surface area contributed by atoms with Crippen molar-refractivity contribution in [3.05, 3.63) is 30.3 Å². The Hall–Kier alpha value is -0.910. The van der Waals surface area contributed by atoms with E-state index in [4.69, 9.17) is 17.3 Å². The third-order valence-corrected chi connectivity index (χ3v) is 3.72. The normalized spacial score (nSPS) is 13.6. The van der Waals surface area contributed by atoms with Crippen LogP contribution in [0.2, 0.25) is 0 Å². The highest BCUT2D eigenvalue weighted by Crippen LogP contribution is 2.24. The average molecular weight is 334 g/mol. The van der Waals surface area contributed by atoms with Gasteiger partial charge in [-0.3, -0.25) is 0 Å². The van der Waals surface area contributed by atoms with Crippen molar-refractivity contribution in [1.29, 1.82) is 0 Å². The van der Waals surface area contributed by atoms with Crippen LogP contribution in [0.25, 0.3) is 0 Å². The maximum Gasteiger partial charge on any atom is 0.405 e. The molecular formula is C15H24ClNO3S. The molecule has 6 heteroatoms. The van der Waals surface area contributed by atoms with Gasteiger partial charge in [-0.25, -0.2) is 4.79 Å². The van der Waals surface area contributed by atoms with Crippen molar-refractivity contribution in [3.63, 3.8) is 0 Å². The van der Waals surface area contributed by atoms with E-state index in [1.165, 1.54) is 4.90 Å². The first-order valence-corrected chi connectivity index (χ1v) is 8.01.